The maximum absolute atomic E-state index is 12.3. The summed E-state index contributed by atoms with van der Waals surface area (Å²) in [5, 5.41) is 3.39. The second kappa shape index (κ2) is 5.25. The van der Waals surface area contributed by atoms with Crippen molar-refractivity contribution in [2.75, 3.05) is 19.6 Å². The molecular weight excluding hydrogens is 304 g/mol. The van der Waals surface area contributed by atoms with E-state index in [9.17, 15) is 4.79 Å². The molecule has 0 radical (unpaired) electrons. The van der Waals surface area contributed by atoms with E-state index in [1.54, 1.807) is 0 Å². The molecule has 0 saturated carbocycles. The van der Waals surface area contributed by atoms with Crippen LogP contribution < -0.4 is 5.32 Å². The molecule has 4 heteroatoms. The average Bonchev–Trinajstić information content (AvgIpc) is 2.69. The number of amides is 1. The molecule has 0 aromatic heterocycles. The van der Waals surface area contributed by atoms with E-state index in [1.165, 1.54) is 5.56 Å². The third-order valence-electron chi connectivity index (χ3n) is 4.39. The van der Waals surface area contributed by atoms with Gasteiger partial charge in [0, 0.05) is 24.0 Å². The molecule has 3 rings (SSSR count). The molecule has 1 aromatic carbocycles. The normalized spacial score (nSPS) is 22.2. The zero-order chi connectivity index (χ0) is 13.3. The Hall–Kier alpha value is -0.870. The molecule has 1 spiro atoms. The van der Waals surface area contributed by atoms with E-state index < -0.39 is 0 Å². The molecule has 19 heavy (non-hydrogen) atoms. The summed E-state index contributed by atoms with van der Waals surface area (Å²) in [5.41, 5.74) is 1.44. The number of carbonyl (C=O) groups excluding carboxylic acids is 1. The third-order valence-corrected chi connectivity index (χ3v) is 5.16. The summed E-state index contributed by atoms with van der Waals surface area (Å²) >= 11 is 3.56. The maximum atomic E-state index is 12.3. The SMILES string of the molecule is O=C1CC2(CCNCC2)CN1Cc1ccccc1Br. The molecule has 102 valence electrons. The highest BCUT2D eigenvalue weighted by Crippen LogP contribution is 2.40. The zero-order valence-corrected chi connectivity index (χ0v) is 12.6. The van der Waals surface area contributed by atoms with Gasteiger partial charge in [-0.2, -0.15) is 0 Å². The summed E-state index contributed by atoms with van der Waals surface area (Å²) in [6, 6.07) is 8.16. The minimum Gasteiger partial charge on any atom is -0.338 e. The van der Waals surface area contributed by atoms with Crippen LogP contribution in [-0.4, -0.2) is 30.4 Å². The first-order chi connectivity index (χ1) is 9.19. The number of nitrogens with zero attached hydrogens (tertiary/aromatic N) is 1. The second-order valence-corrected chi connectivity index (χ2v) is 6.62. The molecule has 1 aromatic rings. The predicted molar refractivity (Wildman–Crippen MR) is 78.7 cm³/mol. The van der Waals surface area contributed by atoms with Crippen LogP contribution in [0.15, 0.2) is 28.7 Å². The molecule has 3 nitrogen and oxygen atoms in total. The summed E-state index contributed by atoms with van der Waals surface area (Å²) in [4.78, 5) is 14.3. The average molecular weight is 323 g/mol. The van der Waals surface area contributed by atoms with Crippen LogP contribution in [0.2, 0.25) is 0 Å². The topological polar surface area (TPSA) is 32.3 Å². The number of nitrogens with one attached hydrogen (secondary N) is 1. The van der Waals surface area contributed by atoms with Crippen LogP contribution in [-0.2, 0) is 11.3 Å². The maximum Gasteiger partial charge on any atom is 0.223 e. The Morgan fingerprint density at radius 2 is 2.00 bits per heavy atom. The van der Waals surface area contributed by atoms with Crippen LogP contribution in [0.25, 0.3) is 0 Å². The summed E-state index contributed by atoms with van der Waals surface area (Å²) in [5.74, 6) is 0.317. The van der Waals surface area contributed by atoms with Crippen LogP contribution in [0.5, 0.6) is 0 Å². The van der Waals surface area contributed by atoms with Crippen molar-refractivity contribution in [2.24, 2.45) is 5.41 Å². The minimum atomic E-state index is 0.240. The molecule has 1 N–H and O–H groups in total. The van der Waals surface area contributed by atoms with E-state index in [4.69, 9.17) is 0 Å². The minimum absolute atomic E-state index is 0.240. The van der Waals surface area contributed by atoms with E-state index in [-0.39, 0.29) is 5.41 Å². The lowest BCUT2D eigenvalue weighted by molar-refractivity contribution is -0.128. The molecule has 0 bridgehead atoms. The van der Waals surface area contributed by atoms with Crippen molar-refractivity contribution in [2.45, 2.75) is 25.8 Å². The highest BCUT2D eigenvalue weighted by atomic mass is 79.9. The molecule has 2 aliphatic rings. The number of benzene rings is 1. The second-order valence-electron chi connectivity index (χ2n) is 5.77. The molecule has 0 atom stereocenters. The number of carbonyl (C=O) groups is 1. The Morgan fingerprint density at radius 3 is 2.74 bits per heavy atom. The van der Waals surface area contributed by atoms with Crippen LogP contribution in [0, 0.1) is 5.41 Å². The van der Waals surface area contributed by atoms with Gasteiger partial charge in [0.15, 0.2) is 0 Å². The molecule has 0 unspecified atom stereocenters. The fourth-order valence-electron chi connectivity index (χ4n) is 3.25. The molecule has 1 amide bonds. The van der Waals surface area contributed by atoms with Gasteiger partial charge in [-0.3, -0.25) is 4.79 Å². The van der Waals surface area contributed by atoms with Gasteiger partial charge in [0.2, 0.25) is 5.91 Å². The lowest BCUT2D eigenvalue weighted by Crippen LogP contribution is -2.38. The number of piperidine rings is 1. The highest BCUT2D eigenvalue weighted by Gasteiger charge is 2.43. The lowest BCUT2D eigenvalue weighted by atomic mass is 9.78. The van der Waals surface area contributed by atoms with E-state index >= 15 is 0 Å². The number of rotatable bonds is 2. The van der Waals surface area contributed by atoms with Gasteiger partial charge < -0.3 is 10.2 Å². The van der Waals surface area contributed by atoms with Gasteiger partial charge in [0.05, 0.1) is 0 Å². The fourth-order valence-corrected chi connectivity index (χ4v) is 3.66. The van der Waals surface area contributed by atoms with Crippen molar-refractivity contribution in [3.8, 4) is 0 Å². The number of hydrogen-bond donors (Lipinski definition) is 1. The van der Waals surface area contributed by atoms with Crippen molar-refractivity contribution < 1.29 is 4.79 Å². The lowest BCUT2D eigenvalue weighted by Gasteiger charge is -2.33. The van der Waals surface area contributed by atoms with E-state index in [1.807, 2.05) is 23.1 Å². The van der Waals surface area contributed by atoms with Gasteiger partial charge >= 0.3 is 0 Å². The summed E-state index contributed by atoms with van der Waals surface area (Å²) in [7, 11) is 0. The number of hydrogen-bond acceptors (Lipinski definition) is 2. The van der Waals surface area contributed by atoms with Gasteiger partial charge in [-0.25, -0.2) is 0 Å². The number of halogens is 1. The summed E-state index contributed by atoms with van der Waals surface area (Å²) in [6.07, 6.45) is 3.00. The van der Waals surface area contributed by atoms with Gasteiger partial charge in [-0.05, 0) is 43.0 Å². The van der Waals surface area contributed by atoms with Crippen molar-refractivity contribution in [1.82, 2.24) is 10.2 Å². The monoisotopic (exact) mass is 322 g/mol. The smallest absolute Gasteiger partial charge is 0.223 e. The van der Waals surface area contributed by atoms with Gasteiger partial charge in [-0.15, -0.1) is 0 Å². The third kappa shape index (κ3) is 2.70. The summed E-state index contributed by atoms with van der Waals surface area (Å²) < 4.78 is 1.09. The first-order valence-corrected chi connectivity index (χ1v) is 7.70. The van der Waals surface area contributed by atoms with Crippen molar-refractivity contribution >= 4 is 21.8 Å². The zero-order valence-electron chi connectivity index (χ0n) is 11.0. The highest BCUT2D eigenvalue weighted by molar-refractivity contribution is 9.10. The van der Waals surface area contributed by atoms with E-state index in [0.717, 1.165) is 49.9 Å². The number of likely N-dealkylation sites (tertiary alicyclic amines) is 1. The Morgan fingerprint density at radius 1 is 1.26 bits per heavy atom. The Balaban J connectivity index is 1.72. The Labute approximate surface area is 122 Å². The molecule has 0 aliphatic carbocycles. The molecular formula is C15H19BrN2O. The Bertz CT molecular complexity index is 483. The standard InChI is InChI=1S/C15H19BrN2O/c16-13-4-2-1-3-12(13)10-18-11-15(9-14(18)19)5-7-17-8-6-15/h1-4,17H,5-11H2. The van der Waals surface area contributed by atoms with Gasteiger partial charge in [0.1, 0.15) is 0 Å². The molecule has 2 fully saturated rings. The van der Waals surface area contributed by atoms with E-state index in [0.29, 0.717) is 5.91 Å². The van der Waals surface area contributed by atoms with E-state index in [2.05, 4.69) is 27.3 Å². The first-order valence-electron chi connectivity index (χ1n) is 6.90. The quantitative estimate of drug-likeness (QED) is 0.907. The fraction of sp³-hybridized carbons (Fsp3) is 0.533. The van der Waals surface area contributed by atoms with Crippen LogP contribution in [0.3, 0.4) is 0 Å². The molecule has 2 saturated heterocycles. The van der Waals surface area contributed by atoms with Crippen molar-refractivity contribution in [3.05, 3.63) is 34.3 Å². The largest absolute Gasteiger partial charge is 0.338 e. The van der Waals surface area contributed by atoms with Gasteiger partial charge in [-0.1, -0.05) is 34.1 Å². The van der Waals surface area contributed by atoms with Crippen LogP contribution in [0.4, 0.5) is 0 Å². The molecule has 2 aliphatic heterocycles. The van der Waals surface area contributed by atoms with Crippen molar-refractivity contribution in [3.63, 3.8) is 0 Å². The van der Waals surface area contributed by atoms with Crippen LogP contribution in [0.1, 0.15) is 24.8 Å². The Kier molecular flexibility index (Phi) is 3.63. The predicted octanol–water partition coefficient (Wildman–Crippen LogP) is 2.55. The first kappa shape index (κ1) is 13.1. The summed E-state index contributed by atoms with van der Waals surface area (Å²) in [6.45, 7) is 3.76. The van der Waals surface area contributed by atoms with Crippen molar-refractivity contribution in [1.29, 1.82) is 0 Å². The van der Waals surface area contributed by atoms with Gasteiger partial charge in [0.25, 0.3) is 0 Å². The van der Waals surface area contributed by atoms with Crippen LogP contribution >= 0.6 is 15.9 Å². The molecule has 2 heterocycles.